The summed E-state index contributed by atoms with van der Waals surface area (Å²) in [5, 5.41) is 15.4. The SMILES string of the molecule is COCC(=O)Nc1c[nH]c2ncc(Cl)c(N3CCCC(NC(=O)O)C3)c12. The van der Waals surface area contributed by atoms with E-state index < -0.39 is 6.09 Å². The number of hydrogen-bond donors (Lipinski definition) is 4. The van der Waals surface area contributed by atoms with Crippen LogP contribution in [0.1, 0.15) is 12.8 Å². The summed E-state index contributed by atoms with van der Waals surface area (Å²) in [5.41, 5.74) is 1.87. The molecular formula is C16H20ClN5O4. The maximum Gasteiger partial charge on any atom is 0.404 e. The molecule has 3 heterocycles. The van der Waals surface area contributed by atoms with Gasteiger partial charge in [0.15, 0.2) is 0 Å². The quantitative estimate of drug-likeness (QED) is 0.629. The topological polar surface area (TPSA) is 120 Å². The third-order valence-corrected chi connectivity index (χ3v) is 4.52. The van der Waals surface area contributed by atoms with Gasteiger partial charge < -0.3 is 30.4 Å². The van der Waals surface area contributed by atoms with Gasteiger partial charge in [0.25, 0.3) is 0 Å². The zero-order chi connectivity index (χ0) is 18.7. The lowest BCUT2D eigenvalue weighted by atomic mass is 10.0. The second kappa shape index (κ2) is 7.79. The van der Waals surface area contributed by atoms with E-state index in [1.807, 2.05) is 4.90 Å². The average molecular weight is 382 g/mol. The Morgan fingerprint density at radius 3 is 3.08 bits per heavy atom. The second-order valence-electron chi connectivity index (χ2n) is 6.10. The van der Waals surface area contributed by atoms with Gasteiger partial charge in [-0.15, -0.1) is 0 Å². The number of fused-ring (bicyclic) bond motifs is 1. The van der Waals surface area contributed by atoms with Crippen molar-refractivity contribution in [2.75, 3.05) is 37.0 Å². The van der Waals surface area contributed by atoms with E-state index in [9.17, 15) is 9.59 Å². The first-order valence-corrected chi connectivity index (χ1v) is 8.56. The number of halogens is 1. The molecule has 3 rings (SSSR count). The predicted octanol–water partition coefficient (Wildman–Crippen LogP) is 2.04. The lowest BCUT2D eigenvalue weighted by Crippen LogP contribution is -2.47. The molecule has 1 aliphatic rings. The van der Waals surface area contributed by atoms with Crippen LogP contribution in [0.5, 0.6) is 0 Å². The molecule has 1 fully saturated rings. The molecule has 0 aromatic carbocycles. The van der Waals surface area contributed by atoms with Gasteiger partial charge in [-0.25, -0.2) is 9.78 Å². The first kappa shape index (κ1) is 18.3. The van der Waals surface area contributed by atoms with Crippen LogP contribution in [0, 0.1) is 0 Å². The number of aromatic amines is 1. The van der Waals surface area contributed by atoms with Crippen molar-refractivity contribution in [3.63, 3.8) is 0 Å². The van der Waals surface area contributed by atoms with Crippen molar-refractivity contribution < 1.29 is 19.4 Å². The molecule has 1 saturated heterocycles. The molecule has 1 unspecified atom stereocenters. The van der Waals surface area contributed by atoms with Gasteiger partial charge in [0.05, 0.1) is 28.0 Å². The third kappa shape index (κ3) is 3.83. The fourth-order valence-electron chi connectivity index (χ4n) is 3.25. The number of methoxy groups -OCH3 is 1. The number of pyridine rings is 1. The van der Waals surface area contributed by atoms with Crippen LogP contribution in [0.4, 0.5) is 16.2 Å². The highest BCUT2D eigenvalue weighted by Crippen LogP contribution is 2.38. The number of nitrogens with one attached hydrogen (secondary N) is 3. The number of anilines is 2. The number of carboxylic acid groups (broad SMARTS) is 1. The van der Waals surface area contributed by atoms with Crippen molar-refractivity contribution >= 4 is 46.0 Å². The monoisotopic (exact) mass is 381 g/mol. The van der Waals surface area contributed by atoms with Crippen molar-refractivity contribution in [3.8, 4) is 0 Å². The molecule has 1 aliphatic heterocycles. The van der Waals surface area contributed by atoms with E-state index in [0.717, 1.165) is 25.1 Å². The highest BCUT2D eigenvalue weighted by Gasteiger charge is 2.26. The van der Waals surface area contributed by atoms with Gasteiger partial charge in [-0.1, -0.05) is 11.6 Å². The second-order valence-corrected chi connectivity index (χ2v) is 6.50. The fourth-order valence-corrected chi connectivity index (χ4v) is 3.52. The molecule has 0 radical (unpaired) electrons. The van der Waals surface area contributed by atoms with Gasteiger partial charge >= 0.3 is 6.09 Å². The minimum atomic E-state index is -1.04. The number of ether oxygens (including phenoxy) is 1. The summed E-state index contributed by atoms with van der Waals surface area (Å²) >= 11 is 6.42. The van der Waals surface area contributed by atoms with Crippen LogP contribution in [-0.2, 0) is 9.53 Å². The highest BCUT2D eigenvalue weighted by atomic mass is 35.5. The maximum absolute atomic E-state index is 11.9. The molecule has 4 N–H and O–H groups in total. The van der Waals surface area contributed by atoms with Crippen LogP contribution in [0.25, 0.3) is 11.0 Å². The first-order chi connectivity index (χ1) is 12.5. The van der Waals surface area contributed by atoms with Crippen molar-refractivity contribution in [1.82, 2.24) is 15.3 Å². The minimum Gasteiger partial charge on any atom is -0.465 e. The Bertz CT molecular complexity index is 824. The van der Waals surface area contributed by atoms with Crippen LogP contribution in [0.2, 0.25) is 5.02 Å². The van der Waals surface area contributed by atoms with Crippen molar-refractivity contribution in [3.05, 3.63) is 17.4 Å². The standard InChI is InChI=1S/C16H20ClN5O4/c1-26-8-12(23)21-11-6-19-15-13(11)14(10(17)5-18-15)22-4-2-3-9(7-22)20-16(24)25/h5-6,9,20H,2-4,7-8H2,1H3,(H,18,19)(H,21,23)(H,24,25). The van der Waals surface area contributed by atoms with Gasteiger partial charge in [-0.3, -0.25) is 4.79 Å². The molecule has 2 amide bonds. The van der Waals surface area contributed by atoms with E-state index in [1.54, 1.807) is 12.4 Å². The van der Waals surface area contributed by atoms with Crippen molar-refractivity contribution in [2.24, 2.45) is 0 Å². The summed E-state index contributed by atoms with van der Waals surface area (Å²) in [7, 11) is 1.45. The number of amides is 2. The lowest BCUT2D eigenvalue weighted by Gasteiger charge is -2.35. The zero-order valence-corrected chi connectivity index (χ0v) is 15.0. The Balaban J connectivity index is 1.96. The van der Waals surface area contributed by atoms with E-state index in [2.05, 4.69) is 20.6 Å². The molecular weight excluding hydrogens is 362 g/mol. The van der Waals surface area contributed by atoms with Crippen LogP contribution in [-0.4, -0.2) is 59.9 Å². The van der Waals surface area contributed by atoms with Crippen LogP contribution >= 0.6 is 11.6 Å². The molecule has 0 saturated carbocycles. The predicted molar refractivity (Wildman–Crippen MR) is 98.0 cm³/mol. The molecule has 0 spiro atoms. The summed E-state index contributed by atoms with van der Waals surface area (Å²) in [6, 6.07) is -0.189. The Morgan fingerprint density at radius 2 is 2.35 bits per heavy atom. The molecule has 9 nitrogen and oxygen atoms in total. The Hall–Kier alpha value is -2.52. The van der Waals surface area contributed by atoms with E-state index in [0.29, 0.717) is 28.3 Å². The van der Waals surface area contributed by atoms with Crippen LogP contribution in [0.15, 0.2) is 12.4 Å². The Kier molecular flexibility index (Phi) is 5.48. The van der Waals surface area contributed by atoms with E-state index in [1.165, 1.54) is 7.11 Å². The van der Waals surface area contributed by atoms with Gasteiger partial charge in [0, 0.05) is 32.4 Å². The van der Waals surface area contributed by atoms with Gasteiger partial charge in [0.1, 0.15) is 12.3 Å². The number of carbonyl (C=O) groups excluding carboxylic acids is 1. The zero-order valence-electron chi connectivity index (χ0n) is 14.2. The van der Waals surface area contributed by atoms with Gasteiger partial charge in [-0.05, 0) is 12.8 Å². The van der Waals surface area contributed by atoms with E-state index in [4.69, 9.17) is 21.4 Å². The fraction of sp³-hybridized carbons (Fsp3) is 0.438. The molecule has 2 aromatic rings. The van der Waals surface area contributed by atoms with E-state index in [-0.39, 0.29) is 18.6 Å². The number of piperidine rings is 1. The highest BCUT2D eigenvalue weighted by molar-refractivity contribution is 6.35. The van der Waals surface area contributed by atoms with Crippen molar-refractivity contribution in [1.29, 1.82) is 0 Å². The summed E-state index contributed by atoms with van der Waals surface area (Å²) in [6.45, 7) is 1.15. The molecule has 140 valence electrons. The lowest BCUT2D eigenvalue weighted by molar-refractivity contribution is -0.119. The van der Waals surface area contributed by atoms with Crippen molar-refractivity contribution in [2.45, 2.75) is 18.9 Å². The smallest absolute Gasteiger partial charge is 0.404 e. The normalized spacial score (nSPS) is 17.3. The van der Waals surface area contributed by atoms with Crippen LogP contribution < -0.4 is 15.5 Å². The minimum absolute atomic E-state index is 0.0652. The van der Waals surface area contributed by atoms with Gasteiger partial charge in [-0.2, -0.15) is 0 Å². The maximum atomic E-state index is 11.9. The number of rotatable bonds is 5. The van der Waals surface area contributed by atoms with E-state index >= 15 is 0 Å². The van der Waals surface area contributed by atoms with Crippen LogP contribution in [0.3, 0.4) is 0 Å². The molecule has 0 bridgehead atoms. The summed E-state index contributed by atoms with van der Waals surface area (Å²) < 4.78 is 4.85. The number of hydrogen-bond acceptors (Lipinski definition) is 5. The number of H-pyrrole nitrogens is 1. The molecule has 0 aliphatic carbocycles. The summed E-state index contributed by atoms with van der Waals surface area (Å²) in [5.74, 6) is -0.289. The average Bonchev–Trinajstić information content (AvgIpc) is 2.97. The van der Waals surface area contributed by atoms with Gasteiger partial charge in [0.2, 0.25) is 5.91 Å². The number of carbonyl (C=O) groups is 2. The summed E-state index contributed by atoms with van der Waals surface area (Å²) in [4.78, 5) is 32.2. The molecule has 2 aromatic heterocycles. The third-order valence-electron chi connectivity index (χ3n) is 4.24. The molecule has 10 heteroatoms. The summed E-state index contributed by atoms with van der Waals surface area (Å²) in [6.07, 6.45) is 3.74. The number of aromatic nitrogens is 2. The number of nitrogens with zero attached hydrogens (tertiary/aromatic N) is 2. The molecule has 26 heavy (non-hydrogen) atoms. The Morgan fingerprint density at radius 1 is 1.54 bits per heavy atom. The Labute approximate surface area is 154 Å². The molecule has 1 atom stereocenters. The first-order valence-electron chi connectivity index (χ1n) is 8.18. The largest absolute Gasteiger partial charge is 0.465 e.